The Morgan fingerprint density at radius 3 is 2.92 bits per heavy atom. The van der Waals surface area contributed by atoms with Crippen LogP contribution in [0.15, 0.2) is 12.2 Å². The second kappa shape index (κ2) is 4.55. The predicted molar refractivity (Wildman–Crippen MR) is 51.3 cm³/mol. The molecule has 0 bridgehead atoms. The lowest BCUT2D eigenvalue weighted by molar-refractivity contribution is -0.143. The van der Waals surface area contributed by atoms with Crippen LogP contribution < -0.4 is 0 Å². The van der Waals surface area contributed by atoms with Crippen molar-refractivity contribution < 1.29 is 9.53 Å². The standard InChI is InChI=1S/C9H14O2S/c1-7(2)9(10)11-8-4-3-5-12-6-8/h8H,1,3-6H2,2H3. The number of thioether (sulfide) groups is 1. The molecule has 0 aromatic heterocycles. The van der Waals surface area contributed by atoms with E-state index < -0.39 is 0 Å². The van der Waals surface area contributed by atoms with Gasteiger partial charge in [-0.25, -0.2) is 4.79 Å². The number of hydrogen-bond donors (Lipinski definition) is 0. The summed E-state index contributed by atoms with van der Waals surface area (Å²) in [6, 6.07) is 0. The Morgan fingerprint density at radius 2 is 2.42 bits per heavy atom. The third-order valence-corrected chi connectivity index (χ3v) is 2.93. The first-order valence-corrected chi connectivity index (χ1v) is 5.30. The molecule has 1 saturated heterocycles. The maximum absolute atomic E-state index is 11.1. The molecule has 0 N–H and O–H groups in total. The lowest BCUT2D eigenvalue weighted by Crippen LogP contribution is -2.24. The van der Waals surface area contributed by atoms with Crippen LogP contribution in [0.2, 0.25) is 0 Å². The molecule has 0 aliphatic carbocycles. The summed E-state index contributed by atoms with van der Waals surface area (Å²) >= 11 is 1.85. The Balaban J connectivity index is 2.29. The molecule has 1 rings (SSSR count). The maximum Gasteiger partial charge on any atom is 0.333 e. The van der Waals surface area contributed by atoms with Gasteiger partial charge in [-0.15, -0.1) is 0 Å². The van der Waals surface area contributed by atoms with Gasteiger partial charge in [0.1, 0.15) is 6.10 Å². The van der Waals surface area contributed by atoms with Crippen molar-refractivity contribution in [2.75, 3.05) is 11.5 Å². The van der Waals surface area contributed by atoms with E-state index in [2.05, 4.69) is 6.58 Å². The normalized spacial score (nSPS) is 23.2. The second-order valence-electron chi connectivity index (χ2n) is 3.02. The van der Waals surface area contributed by atoms with Crippen molar-refractivity contribution in [1.29, 1.82) is 0 Å². The summed E-state index contributed by atoms with van der Waals surface area (Å²) in [5.74, 6) is 1.89. The molecule has 1 fully saturated rings. The van der Waals surface area contributed by atoms with Gasteiger partial charge < -0.3 is 4.74 Å². The van der Waals surface area contributed by atoms with Gasteiger partial charge in [0.05, 0.1) is 0 Å². The molecule has 0 saturated carbocycles. The molecular weight excluding hydrogens is 172 g/mol. The fourth-order valence-electron chi connectivity index (χ4n) is 1.06. The highest BCUT2D eigenvalue weighted by Crippen LogP contribution is 2.20. The predicted octanol–water partition coefficient (Wildman–Crippen LogP) is 2.00. The second-order valence-corrected chi connectivity index (χ2v) is 4.17. The number of hydrogen-bond acceptors (Lipinski definition) is 3. The van der Waals surface area contributed by atoms with Crippen molar-refractivity contribution in [3.63, 3.8) is 0 Å². The molecule has 0 aromatic rings. The van der Waals surface area contributed by atoms with Crippen molar-refractivity contribution in [2.24, 2.45) is 0 Å². The highest BCUT2D eigenvalue weighted by Gasteiger charge is 2.17. The summed E-state index contributed by atoms with van der Waals surface area (Å²) in [4.78, 5) is 11.1. The zero-order chi connectivity index (χ0) is 8.97. The van der Waals surface area contributed by atoms with Crippen molar-refractivity contribution in [3.05, 3.63) is 12.2 Å². The molecule has 0 radical (unpaired) electrons. The van der Waals surface area contributed by atoms with E-state index >= 15 is 0 Å². The number of rotatable bonds is 2. The fraction of sp³-hybridized carbons (Fsp3) is 0.667. The van der Waals surface area contributed by atoms with Gasteiger partial charge in [-0.05, 0) is 25.5 Å². The summed E-state index contributed by atoms with van der Waals surface area (Å²) in [6.45, 7) is 5.22. The average Bonchev–Trinajstić information content (AvgIpc) is 2.06. The van der Waals surface area contributed by atoms with E-state index in [0.717, 1.165) is 18.6 Å². The van der Waals surface area contributed by atoms with Crippen LogP contribution in [0.1, 0.15) is 19.8 Å². The molecular formula is C9H14O2S. The molecule has 0 aromatic carbocycles. The molecule has 68 valence electrons. The minimum Gasteiger partial charge on any atom is -0.458 e. The highest BCUT2D eigenvalue weighted by molar-refractivity contribution is 7.99. The summed E-state index contributed by atoms with van der Waals surface area (Å²) in [5.41, 5.74) is 0.491. The third kappa shape index (κ3) is 2.89. The van der Waals surface area contributed by atoms with Crippen molar-refractivity contribution in [2.45, 2.75) is 25.9 Å². The van der Waals surface area contributed by atoms with Gasteiger partial charge in [0.25, 0.3) is 0 Å². The Hall–Kier alpha value is -0.440. The van der Waals surface area contributed by atoms with Crippen LogP contribution in [0.25, 0.3) is 0 Å². The SMILES string of the molecule is C=C(C)C(=O)OC1CCCSC1. The monoisotopic (exact) mass is 186 g/mol. The van der Waals surface area contributed by atoms with Gasteiger partial charge in [-0.3, -0.25) is 0 Å². The molecule has 1 unspecified atom stereocenters. The first-order chi connectivity index (χ1) is 5.70. The quantitative estimate of drug-likeness (QED) is 0.487. The Labute approximate surface area is 77.4 Å². The zero-order valence-electron chi connectivity index (χ0n) is 7.34. The minimum absolute atomic E-state index is 0.118. The van der Waals surface area contributed by atoms with Crippen LogP contribution in [0.3, 0.4) is 0 Å². The van der Waals surface area contributed by atoms with E-state index in [1.165, 1.54) is 5.75 Å². The highest BCUT2D eigenvalue weighted by atomic mass is 32.2. The molecule has 1 aliphatic rings. The molecule has 0 spiro atoms. The van der Waals surface area contributed by atoms with Crippen molar-refractivity contribution in [3.8, 4) is 0 Å². The smallest absolute Gasteiger partial charge is 0.333 e. The van der Waals surface area contributed by atoms with Crippen LogP contribution in [-0.2, 0) is 9.53 Å². The average molecular weight is 186 g/mol. The number of ether oxygens (including phenoxy) is 1. The van der Waals surface area contributed by atoms with Crippen LogP contribution in [-0.4, -0.2) is 23.6 Å². The van der Waals surface area contributed by atoms with E-state index in [1.807, 2.05) is 11.8 Å². The Kier molecular flexibility index (Phi) is 3.66. The number of esters is 1. The third-order valence-electron chi connectivity index (χ3n) is 1.74. The maximum atomic E-state index is 11.1. The Bertz CT molecular complexity index is 183. The van der Waals surface area contributed by atoms with Crippen molar-refractivity contribution >= 4 is 17.7 Å². The topological polar surface area (TPSA) is 26.3 Å². The summed E-state index contributed by atoms with van der Waals surface area (Å²) < 4.78 is 5.19. The van der Waals surface area contributed by atoms with Gasteiger partial charge in [-0.1, -0.05) is 6.58 Å². The van der Waals surface area contributed by atoms with E-state index in [0.29, 0.717) is 5.57 Å². The molecule has 2 nitrogen and oxygen atoms in total. The molecule has 12 heavy (non-hydrogen) atoms. The lowest BCUT2D eigenvalue weighted by Gasteiger charge is -2.21. The lowest BCUT2D eigenvalue weighted by atomic mass is 10.2. The van der Waals surface area contributed by atoms with Gasteiger partial charge >= 0.3 is 5.97 Å². The summed E-state index contributed by atoms with van der Waals surface area (Å²) in [6.07, 6.45) is 2.28. The zero-order valence-corrected chi connectivity index (χ0v) is 8.15. The summed E-state index contributed by atoms with van der Waals surface area (Å²) in [5, 5.41) is 0. The Morgan fingerprint density at radius 1 is 1.67 bits per heavy atom. The molecule has 0 amide bonds. The first kappa shape index (κ1) is 9.65. The van der Waals surface area contributed by atoms with E-state index in [4.69, 9.17) is 4.74 Å². The van der Waals surface area contributed by atoms with Crippen molar-refractivity contribution in [1.82, 2.24) is 0 Å². The van der Waals surface area contributed by atoms with Crippen LogP contribution in [0, 0.1) is 0 Å². The molecule has 1 heterocycles. The van der Waals surface area contributed by atoms with Crippen LogP contribution in [0.4, 0.5) is 0 Å². The van der Waals surface area contributed by atoms with E-state index in [9.17, 15) is 4.79 Å². The number of carbonyl (C=O) groups excluding carboxylic acids is 1. The van der Waals surface area contributed by atoms with Gasteiger partial charge in [0, 0.05) is 11.3 Å². The van der Waals surface area contributed by atoms with Gasteiger partial charge in [-0.2, -0.15) is 11.8 Å². The first-order valence-electron chi connectivity index (χ1n) is 4.14. The molecule has 1 aliphatic heterocycles. The van der Waals surface area contributed by atoms with Crippen LogP contribution in [0.5, 0.6) is 0 Å². The van der Waals surface area contributed by atoms with Gasteiger partial charge in [0.15, 0.2) is 0 Å². The minimum atomic E-state index is -0.248. The largest absolute Gasteiger partial charge is 0.458 e. The number of carbonyl (C=O) groups is 1. The van der Waals surface area contributed by atoms with E-state index in [-0.39, 0.29) is 12.1 Å². The summed E-state index contributed by atoms with van der Waals surface area (Å²) in [7, 11) is 0. The fourth-order valence-corrected chi connectivity index (χ4v) is 2.09. The van der Waals surface area contributed by atoms with E-state index in [1.54, 1.807) is 6.92 Å². The van der Waals surface area contributed by atoms with Gasteiger partial charge in [0.2, 0.25) is 0 Å². The van der Waals surface area contributed by atoms with Crippen LogP contribution >= 0.6 is 11.8 Å². The molecule has 1 atom stereocenters. The molecule has 3 heteroatoms.